The van der Waals surface area contributed by atoms with Crippen LogP contribution in [0.2, 0.25) is 0 Å². The van der Waals surface area contributed by atoms with E-state index < -0.39 is 10.0 Å². The van der Waals surface area contributed by atoms with Crippen LogP contribution in [0.5, 0.6) is 0 Å². The first-order valence-corrected chi connectivity index (χ1v) is 10.4. The van der Waals surface area contributed by atoms with Gasteiger partial charge < -0.3 is 10.2 Å². The molecule has 2 heterocycles. The van der Waals surface area contributed by atoms with Gasteiger partial charge >= 0.3 is 0 Å². The van der Waals surface area contributed by atoms with Gasteiger partial charge in [0, 0.05) is 38.3 Å². The van der Waals surface area contributed by atoms with E-state index in [-0.39, 0.29) is 34.9 Å². The smallest absolute Gasteiger partial charge is 0.243 e. The highest BCUT2D eigenvalue weighted by molar-refractivity contribution is 7.89. The van der Waals surface area contributed by atoms with Gasteiger partial charge in [0.2, 0.25) is 15.9 Å². The normalized spacial score (nSPS) is 21.4. The van der Waals surface area contributed by atoms with E-state index in [0.29, 0.717) is 38.3 Å². The van der Waals surface area contributed by atoms with Gasteiger partial charge in [-0.2, -0.15) is 4.31 Å². The van der Waals surface area contributed by atoms with Gasteiger partial charge in [0.15, 0.2) is 5.78 Å². The predicted octanol–water partition coefficient (Wildman–Crippen LogP) is 1.14. The van der Waals surface area contributed by atoms with Crippen LogP contribution in [0.4, 0.5) is 0 Å². The molecule has 2 aliphatic heterocycles. The molecular weight excluding hydrogens is 390 g/mol. The lowest BCUT2D eigenvalue weighted by Gasteiger charge is -2.36. The van der Waals surface area contributed by atoms with Crippen LogP contribution in [0.25, 0.3) is 0 Å². The quantitative estimate of drug-likeness (QED) is 0.745. The summed E-state index contributed by atoms with van der Waals surface area (Å²) in [5, 5.41) is 3.24. The third kappa shape index (κ3) is 4.87. The number of nitrogens with zero attached hydrogens (tertiary/aromatic N) is 2. The number of carbonyl (C=O) groups is 2. The van der Waals surface area contributed by atoms with E-state index >= 15 is 0 Å². The minimum atomic E-state index is -3.61. The zero-order valence-electron chi connectivity index (χ0n) is 15.4. The van der Waals surface area contributed by atoms with E-state index in [0.717, 1.165) is 19.4 Å². The molecule has 0 aliphatic carbocycles. The molecule has 0 spiro atoms. The maximum Gasteiger partial charge on any atom is 0.243 e. The summed E-state index contributed by atoms with van der Waals surface area (Å²) in [6, 6.07) is 6.00. The molecule has 27 heavy (non-hydrogen) atoms. The van der Waals surface area contributed by atoms with Crippen molar-refractivity contribution < 1.29 is 18.0 Å². The molecule has 1 amide bonds. The monoisotopic (exact) mass is 415 g/mol. The first-order chi connectivity index (χ1) is 12.4. The molecule has 3 rings (SSSR count). The van der Waals surface area contributed by atoms with Crippen LogP contribution in [0, 0.1) is 5.92 Å². The number of Topliss-reactive ketones (excluding diaryl/α,β-unsaturated/α-hetero) is 1. The van der Waals surface area contributed by atoms with Crippen LogP contribution in [0.1, 0.15) is 30.1 Å². The maximum absolute atomic E-state index is 12.8. The Morgan fingerprint density at radius 3 is 2.22 bits per heavy atom. The lowest BCUT2D eigenvalue weighted by Crippen LogP contribution is -2.53. The van der Waals surface area contributed by atoms with E-state index in [1.807, 2.05) is 0 Å². The Balaban J connectivity index is 0.00000261. The van der Waals surface area contributed by atoms with Crippen LogP contribution < -0.4 is 5.32 Å². The van der Waals surface area contributed by atoms with Gasteiger partial charge in [0.25, 0.3) is 0 Å². The average molecular weight is 416 g/mol. The van der Waals surface area contributed by atoms with Crippen LogP contribution in [0.15, 0.2) is 29.2 Å². The van der Waals surface area contributed by atoms with Crippen LogP contribution in [0.3, 0.4) is 0 Å². The number of rotatable bonds is 4. The molecule has 1 aromatic carbocycles. The van der Waals surface area contributed by atoms with E-state index in [4.69, 9.17) is 0 Å². The summed E-state index contributed by atoms with van der Waals surface area (Å²) >= 11 is 0. The number of carbonyl (C=O) groups excluding carboxylic acids is 2. The number of hydrogen-bond acceptors (Lipinski definition) is 5. The molecule has 7 nitrogen and oxygen atoms in total. The summed E-state index contributed by atoms with van der Waals surface area (Å²) in [4.78, 5) is 25.9. The fourth-order valence-electron chi connectivity index (χ4n) is 3.48. The first kappa shape index (κ1) is 21.8. The highest BCUT2D eigenvalue weighted by atomic mass is 35.5. The van der Waals surface area contributed by atoms with Gasteiger partial charge in [-0.15, -0.1) is 12.4 Å². The van der Waals surface area contributed by atoms with E-state index in [1.54, 1.807) is 4.90 Å². The lowest BCUT2D eigenvalue weighted by molar-refractivity contribution is -0.137. The van der Waals surface area contributed by atoms with Crippen molar-refractivity contribution in [3.63, 3.8) is 0 Å². The summed E-state index contributed by atoms with van der Waals surface area (Å²) in [5.74, 6) is 0.0318. The standard InChI is InChI=1S/C18H25N3O4S.ClH/c1-14(22)15-4-6-17(7-5-15)26(24,25)21-11-9-20(10-12-21)18(23)16-3-2-8-19-13-16;/h4-7,16,19H,2-3,8-13H2,1H3;1H. The molecule has 0 radical (unpaired) electrons. The second-order valence-electron chi connectivity index (χ2n) is 6.85. The molecule has 0 bridgehead atoms. The molecule has 1 unspecified atom stereocenters. The number of hydrogen-bond donors (Lipinski definition) is 1. The Hall–Kier alpha value is -1.48. The van der Waals surface area contributed by atoms with E-state index in [1.165, 1.54) is 35.5 Å². The zero-order valence-corrected chi connectivity index (χ0v) is 17.0. The topological polar surface area (TPSA) is 86.8 Å². The van der Waals surface area contributed by atoms with Crippen LogP contribution in [-0.2, 0) is 14.8 Å². The average Bonchev–Trinajstić information content (AvgIpc) is 2.68. The number of piperazine rings is 1. The van der Waals surface area contributed by atoms with Crippen molar-refractivity contribution in [1.82, 2.24) is 14.5 Å². The number of piperidine rings is 1. The van der Waals surface area contributed by atoms with Crippen molar-refractivity contribution in [1.29, 1.82) is 0 Å². The number of nitrogens with one attached hydrogen (secondary N) is 1. The Labute approximate surface area is 166 Å². The van der Waals surface area contributed by atoms with Crippen molar-refractivity contribution in [2.75, 3.05) is 39.3 Å². The molecule has 2 saturated heterocycles. The molecular formula is C18H26ClN3O4S. The first-order valence-electron chi connectivity index (χ1n) is 9.00. The Morgan fingerprint density at radius 2 is 1.70 bits per heavy atom. The summed E-state index contributed by atoms with van der Waals surface area (Å²) in [7, 11) is -3.61. The minimum Gasteiger partial charge on any atom is -0.340 e. The third-order valence-corrected chi connectivity index (χ3v) is 7.01. The lowest BCUT2D eigenvalue weighted by atomic mass is 9.98. The van der Waals surface area contributed by atoms with Crippen LogP contribution in [-0.4, -0.2) is 68.6 Å². The Kier molecular flexibility index (Phi) is 7.39. The summed E-state index contributed by atoms with van der Waals surface area (Å²) in [5.41, 5.74) is 0.487. The van der Waals surface area contributed by atoms with Crippen molar-refractivity contribution >= 4 is 34.1 Å². The second-order valence-corrected chi connectivity index (χ2v) is 8.79. The van der Waals surface area contributed by atoms with Crippen molar-refractivity contribution in [3.8, 4) is 0 Å². The zero-order chi connectivity index (χ0) is 18.7. The van der Waals surface area contributed by atoms with Gasteiger partial charge in [-0.05, 0) is 38.4 Å². The molecule has 150 valence electrons. The van der Waals surface area contributed by atoms with Crippen molar-refractivity contribution in [2.24, 2.45) is 5.92 Å². The molecule has 2 aliphatic rings. The SMILES string of the molecule is CC(=O)c1ccc(S(=O)(=O)N2CCN(C(=O)C3CCCNC3)CC2)cc1.Cl. The summed E-state index contributed by atoms with van der Waals surface area (Å²) < 4.78 is 27.0. The number of benzene rings is 1. The maximum atomic E-state index is 12.8. The second kappa shape index (κ2) is 9.14. The van der Waals surface area contributed by atoms with E-state index in [2.05, 4.69) is 5.32 Å². The van der Waals surface area contributed by atoms with Gasteiger partial charge in [0.1, 0.15) is 0 Å². The summed E-state index contributed by atoms with van der Waals surface area (Å²) in [6.07, 6.45) is 1.90. The molecule has 1 atom stereocenters. The fraction of sp³-hybridized carbons (Fsp3) is 0.556. The Bertz CT molecular complexity index is 768. The third-order valence-electron chi connectivity index (χ3n) is 5.10. The van der Waals surface area contributed by atoms with Crippen LogP contribution >= 0.6 is 12.4 Å². The molecule has 2 fully saturated rings. The highest BCUT2D eigenvalue weighted by Crippen LogP contribution is 2.20. The molecule has 9 heteroatoms. The Morgan fingerprint density at radius 1 is 1.07 bits per heavy atom. The molecule has 1 aromatic rings. The number of halogens is 1. The number of amides is 1. The summed E-state index contributed by atoms with van der Waals surface area (Å²) in [6.45, 7) is 4.53. The van der Waals surface area contributed by atoms with Gasteiger partial charge in [-0.25, -0.2) is 8.42 Å². The van der Waals surface area contributed by atoms with E-state index in [9.17, 15) is 18.0 Å². The number of sulfonamides is 1. The number of ketones is 1. The minimum absolute atomic E-state index is 0. The fourth-order valence-corrected chi connectivity index (χ4v) is 4.90. The largest absolute Gasteiger partial charge is 0.340 e. The highest BCUT2D eigenvalue weighted by Gasteiger charge is 2.32. The molecule has 1 N–H and O–H groups in total. The van der Waals surface area contributed by atoms with Crippen molar-refractivity contribution in [3.05, 3.63) is 29.8 Å². The molecule has 0 aromatic heterocycles. The van der Waals surface area contributed by atoms with Crippen molar-refractivity contribution in [2.45, 2.75) is 24.7 Å². The molecule has 0 saturated carbocycles. The van der Waals surface area contributed by atoms with Gasteiger partial charge in [0.05, 0.1) is 10.8 Å². The van der Waals surface area contributed by atoms with Gasteiger partial charge in [-0.1, -0.05) is 12.1 Å². The predicted molar refractivity (Wildman–Crippen MR) is 105 cm³/mol. The van der Waals surface area contributed by atoms with Gasteiger partial charge in [-0.3, -0.25) is 9.59 Å².